The van der Waals surface area contributed by atoms with Gasteiger partial charge in [0.1, 0.15) is 10.6 Å². The number of nitrogens with two attached hydrogens (primary N) is 3. The first-order chi connectivity index (χ1) is 11.7. The second-order valence-corrected chi connectivity index (χ2v) is 6.48. The number of carbonyl (C=O) groups is 1. The van der Waals surface area contributed by atoms with E-state index < -0.39 is 21.9 Å². The number of amides is 1. The first-order valence-corrected chi connectivity index (χ1v) is 8.47. The molecule has 0 aromatic heterocycles. The highest BCUT2D eigenvalue weighted by atomic mass is 32.2. The Kier molecular flexibility index (Phi) is 5.25. The van der Waals surface area contributed by atoms with Gasteiger partial charge in [0.25, 0.3) is 5.91 Å². The molecule has 0 aliphatic carbocycles. The first-order valence-electron chi connectivity index (χ1n) is 6.92. The number of rotatable bonds is 5. The van der Waals surface area contributed by atoms with Gasteiger partial charge in [0.05, 0.1) is 12.8 Å². The van der Waals surface area contributed by atoms with Gasteiger partial charge in [-0.25, -0.2) is 13.6 Å². The second kappa shape index (κ2) is 7.20. The third-order valence-corrected chi connectivity index (χ3v) is 4.09. The van der Waals surface area contributed by atoms with Crippen LogP contribution >= 0.6 is 0 Å². The van der Waals surface area contributed by atoms with Crippen molar-refractivity contribution in [3.8, 4) is 5.75 Å². The number of hydrogen-bond donors (Lipinski definition) is 4. The van der Waals surface area contributed by atoms with E-state index in [4.69, 9.17) is 21.3 Å². The molecule has 132 valence electrons. The SMILES string of the molecule is COc1ccc(Nc2ccc(C(=O)N=C(N)N)cc2S(N)(=O)=O)cc1. The van der Waals surface area contributed by atoms with Crippen LogP contribution in [-0.4, -0.2) is 27.4 Å². The lowest BCUT2D eigenvalue weighted by molar-refractivity contribution is 0.100. The predicted octanol–water partition coefficient (Wildman–Crippen LogP) is 0.500. The molecule has 0 unspecified atom stereocenters. The molecule has 0 saturated heterocycles. The van der Waals surface area contributed by atoms with E-state index in [1.54, 1.807) is 24.3 Å². The average molecular weight is 363 g/mol. The van der Waals surface area contributed by atoms with Gasteiger partial charge in [-0.2, -0.15) is 4.99 Å². The molecule has 0 bridgehead atoms. The molecule has 7 N–H and O–H groups in total. The minimum atomic E-state index is -4.10. The lowest BCUT2D eigenvalue weighted by Crippen LogP contribution is -2.24. The van der Waals surface area contributed by atoms with Crippen LogP contribution in [0, 0.1) is 0 Å². The molecule has 2 aromatic carbocycles. The molecule has 0 atom stereocenters. The molecule has 0 fully saturated rings. The monoisotopic (exact) mass is 363 g/mol. The van der Waals surface area contributed by atoms with Crippen molar-refractivity contribution in [1.82, 2.24) is 0 Å². The van der Waals surface area contributed by atoms with Crippen LogP contribution in [0.3, 0.4) is 0 Å². The Morgan fingerprint density at radius 1 is 1.12 bits per heavy atom. The summed E-state index contributed by atoms with van der Waals surface area (Å²) in [6, 6.07) is 10.7. The van der Waals surface area contributed by atoms with Crippen molar-refractivity contribution in [3.05, 3.63) is 48.0 Å². The number of hydrogen-bond acceptors (Lipinski definition) is 5. The Labute approximate surface area is 144 Å². The molecule has 0 aliphatic rings. The van der Waals surface area contributed by atoms with E-state index in [-0.39, 0.29) is 16.1 Å². The number of aliphatic imine (C=N–C) groups is 1. The van der Waals surface area contributed by atoms with Crippen molar-refractivity contribution >= 4 is 33.3 Å². The van der Waals surface area contributed by atoms with E-state index in [2.05, 4.69) is 10.3 Å². The van der Waals surface area contributed by atoms with Crippen molar-refractivity contribution in [2.45, 2.75) is 4.90 Å². The molecule has 2 aromatic rings. The zero-order valence-electron chi connectivity index (χ0n) is 13.3. The summed E-state index contributed by atoms with van der Waals surface area (Å²) in [6.45, 7) is 0. The van der Waals surface area contributed by atoms with E-state index in [0.29, 0.717) is 11.4 Å². The predicted molar refractivity (Wildman–Crippen MR) is 94.2 cm³/mol. The molecule has 25 heavy (non-hydrogen) atoms. The molecular weight excluding hydrogens is 346 g/mol. The molecule has 0 aliphatic heterocycles. The molecule has 0 radical (unpaired) electrons. The van der Waals surface area contributed by atoms with Crippen LogP contribution in [0.25, 0.3) is 0 Å². The van der Waals surface area contributed by atoms with E-state index in [0.717, 1.165) is 6.07 Å². The number of sulfonamides is 1. The van der Waals surface area contributed by atoms with Crippen LogP contribution in [0.15, 0.2) is 52.4 Å². The Hall–Kier alpha value is -3.11. The number of carbonyl (C=O) groups excluding carboxylic acids is 1. The Balaban J connectivity index is 2.43. The number of guanidine groups is 1. The van der Waals surface area contributed by atoms with Crippen LogP contribution in [0.5, 0.6) is 5.75 Å². The normalized spacial score (nSPS) is 10.8. The van der Waals surface area contributed by atoms with Crippen molar-refractivity contribution in [1.29, 1.82) is 0 Å². The lowest BCUT2D eigenvalue weighted by Gasteiger charge is -2.12. The summed E-state index contributed by atoms with van der Waals surface area (Å²) in [5.74, 6) is -0.557. The van der Waals surface area contributed by atoms with Crippen LogP contribution in [0.1, 0.15) is 10.4 Å². The summed E-state index contributed by atoms with van der Waals surface area (Å²) >= 11 is 0. The number of ether oxygens (including phenoxy) is 1. The molecule has 9 nitrogen and oxygen atoms in total. The lowest BCUT2D eigenvalue weighted by atomic mass is 10.2. The summed E-state index contributed by atoms with van der Waals surface area (Å²) in [5.41, 5.74) is 11.1. The van der Waals surface area contributed by atoms with Crippen LogP contribution in [0.4, 0.5) is 11.4 Å². The number of benzene rings is 2. The van der Waals surface area contributed by atoms with Crippen molar-refractivity contribution in [2.75, 3.05) is 12.4 Å². The number of anilines is 2. The van der Waals surface area contributed by atoms with Gasteiger partial charge in [0, 0.05) is 11.3 Å². The number of primary sulfonamides is 1. The maximum Gasteiger partial charge on any atom is 0.280 e. The van der Waals surface area contributed by atoms with E-state index in [1.165, 1.54) is 19.2 Å². The van der Waals surface area contributed by atoms with Crippen molar-refractivity contribution in [2.24, 2.45) is 21.6 Å². The molecule has 1 amide bonds. The first kappa shape index (κ1) is 18.2. The summed E-state index contributed by atoms with van der Waals surface area (Å²) in [6.07, 6.45) is 0. The largest absolute Gasteiger partial charge is 0.497 e. The summed E-state index contributed by atoms with van der Waals surface area (Å²) in [4.78, 5) is 15.0. The van der Waals surface area contributed by atoms with Gasteiger partial charge in [0.15, 0.2) is 5.96 Å². The van der Waals surface area contributed by atoms with Crippen molar-refractivity contribution < 1.29 is 17.9 Å². The third kappa shape index (κ3) is 4.68. The number of nitrogens with one attached hydrogen (secondary N) is 1. The second-order valence-electron chi connectivity index (χ2n) is 4.95. The Morgan fingerprint density at radius 2 is 1.76 bits per heavy atom. The maximum atomic E-state index is 11.9. The highest BCUT2D eigenvalue weighted by molar-refractivity contribution is 7.89. The summed E-state index contributed by atoms with van der Waals surface area (Å²) < 4.78 is 28.8. The smallest absolute Gasteiger partial charge is 0.280 e. The van der Waals surface area contributed by atoms with Gasteiger partial charge in [-0.1, -0.05) is 0 Å². The fourth-order valence-corrected chi connectivity index (χ4v) is 2.72. The maximum absolute atomic E-state index is 11.9. The number of methoxy groups -OCH3 is 1. The molecule has 0 spiro atoms. The van der Waals surface area contributed by atoms with Gasteiger partial charge < -0.3 is 21.5 Å². The molecule has 0 saturated carbocycles. The van der Waals surface area contributed by atoms with Gasteiger partial charge >= 0.3 is 0 Å². The zero-order valence-corrected chi connectivity index (χ0v) is 14.1. The fraction of sp³-hybridized carbons (Fsp3) is 0.0667. The topological polar surface area (TPSA) is 163 Å². The van der Waals surface area contributed by atoms with Gasteiger partial charge in [-0.15, -0.1) is 0 Å². The minimum Gasteiger partial charge on any atom is -0.497 e. The molecule has 2 rings (SSSR count). The van der Waals surface area contributed by atoms with Gasteiger partial charge in [-0.3, -0.25) is 4.79 Å². The fourth-order valence-electron chi connectivity index (χ4n) is 2.01. The average Bonchev–Trinajstić information content (AvgIpc) is 2.54. The Morgan fingerprint density at radius 3 is 2.28 bits per heavy atom. The highest BCUT2D eigenvalue weighted by Crippen LogP contribution is 2.26. The van der Waals surface area contributed by atoms with Crippen molar-refractivity contribution in [3.63, 3.8) is 0 Å². The van der Waals surface area contributed by atoms with Crippen LogP contribution < -0.4 is 26.7 Å². The minimum absolute atomic E-state index is 0.0160. The number of nitrogens with zero attached hydrogens (tertiary/aromatic N) is 1. The van der Waals surface area contributed by atoms with E-state index in [9.17, 15) is 13.2 Å². The Bertz CT molecular complexity index is 919. The quantitative estimate of drug-likeness (QED) is 0.444. The summed E-state index contributed by atoms with van der Waals surface area (Å²) in [7, 11) is -2.57. The summed E-state index contributed by atoms with van der Waals surface area (Å²) in [5, 5.41) is 8.17. The van der Waals surface area contributed by atoms with Gasteiger partial charge in [0.2, 0.25) is 10.0 Å². The van der Waals surface area contributed by atoms with Crippen LogP contribution in [-0.2, 0) is 10.0 Å². The van der Waals surface area contributed by atoms with E-state index in [1.807, 2.05) is 0 Å². The van der Waals surface area contributed by atoms with Gasteiger partial charge in [-0.05, 0) is 42.5 Å². The standard InChI is InChI=1S/C15H17N5O4S/c1-24-11-5-3-10(4-6-11)19-12-7-2-9(14(21)20-15(16)17)8-13(12)25(18,22)23/h2-8,19H,1H3,(H2,18,22,23)(H4,16,17,20,21). The molecular formula is C15H17N5O4S. The molecule has 10 heteroatoms. The van der Waals surface area contributed by atoms with Crippen LogP contribution in [0.2, 0.25) is 0 Å². The zero-order chi connectivity index (χ0) is 18.6. The van der Waals surface area contributed by atoms with E-state index >= 15 is 0 Å². The highest BCUT2D eigenvalue weighted by Gasteiger charge is 2.17. The molecule has 0 heterocycles. The third-order valence-electron chi connectivity index (χ3n) is 3.13.